The molecule has 0 rings (SSSR count). The fraction of sp³-hybridized carbons (Fsp3) is 0.889. The van der Waals surface area contributed by atoms with Crippen LogP contribution >= 0.6 is 0 Å². The van der Waals surface area contributed by atoms with Crippen molar-refractivity contribution in [1.82, 2.24) is 10.6 Å². The van der Waals surface area contributed by atoms with E-state index in [1.165, 1.54) is 12.8 Å². The molecule has 0 unspecified atom stereocenters. The highest BCUT2D eigenvalue weighted by Crippen LogP contribution is 2.17. The fourth-order valence-corrected chi connectivity index (χ4v) is 2.52. The average Bonchev–Trinajstić information content (AvgIpc) is 2.52. The molecule has 142 valence electrons. The summed E-state index contributed by atoms with van der Waals surface area (Å²) in [6.07, 6.45) is 4.55. The Balaban J connectivity index is 4.37. The molecular weight excluding hydrogens is 304 g/mol. The predicted octanol–water partition coefficient (Wildman–Crippen LogP) is 3.62. The molecule has 0 saturated carbocycles. The molecule has 6 heteroatoms. The van der Waals surface area contributed by atoms with Gasteiger partial charge in [0.05, 0.1) is 22.5 Å². The minimum atomic E-state index is -0.291. The summed E-state index contributed by atoms with van der Waals surface area (Å²) in [7, 11) is 0. The van der Waals surface area contributed by atoms with Gasteiger partial charge in [-0.1, -0.05) is 30.1 Å². The lowest BCUT2D eigenvalue weighted by Gasteiger charge is -2.28. The number of rotatable bonds is 12. The van der Waals surface area contributed by atoms with Crippen LogP contribution in [0.4, 0.5) is 0 Å². The normalized spacial score (nSPS) is 14.5. The Labute approximate surface area is 147 Å². The molecule has 6 nitrogen and oxygen atoms in total. The van der Waals surface area contributed by atoms with Crippen LogP contribution in [-0.4, -0.2) is 46.0 Å². The lowest BCUT2D eigenvalue weighted by molar-refractivity contribution is 0.306. The molecular formula is C18H38N4O2. The van der Waals surface area contributed by atoms with E-state index >= 15 is 0 Å². The van der Waals surface area contributed by atoms with Crippen LogP contribution in [0.5, 0.6) is 0 Å². The highest BCUT2D eigenvalue weighted by atomic mass is 16.4. The van der Waals surface area contributed by atoms with Gasteiger partial charge in [0.2, 0.25) is 0 Å². The summed E-state index contributed by atoms with van der Waals surface area (Å²) in [4.78, 5) is 0. The molecule has 0 aliphatic carbocycles. The zero-order valence-corrected chi connectivity index (χ0v) is 16.6. The van der Waals surface area contributed by atoms with Gasteiger partial charge < -0.3 is 21.0 Å². The van der Waals surface area contributed by atoms with Crippen molar-refractivity contribution in [1.29, 1.82) is 0 Å². The van der Waals surface area contributed by atoms with Crippen molar-refractivity contribution < 1.29 is 10.4 Å². The first-order chi connectivity index (χ1) is 11.1. The molecule has 0 aliphatic rings. The molecule has 0 bridgehead atoms. The third-order valence-electron chi connectivity index (χ3n) is 5.04. The highest BCUT2D eigenvalue weighted by molar-refractivity contribution is 5.90. The summed E-state index contributed by atoms with van der Waals surface area (Å²) >= 11 is 0. The van der Waals surface area contributed by atoms with Crippen molar-refractivity contribution in [3.05, 3.63) is 0 Å². The lowest BCUT2D eigenvalue weighted by Crippen LogP contribution is -2.47. The maximum atomic E-state index is 8.93. The summed E-state index contributed by atoms with van der Waals surface area (Å²) in [5, 5.41) is 31.4. The summed E-state index contributed by atoms with van der Waals surface area (Å²) in [6.45, 7) is 15.8. The molecule has 0 aromatic rings. The van der Waals surface area contributed by atoms with Crippen molar-refractivity contribution >= 4 is 11.4 Å². The van der Waals surface area contributed by atoms with Gasteiger partial charge in [-0.2, -0.15) is 0 Å². The molecule has 0 saturated heterocycles. The Morgan fingerprint density at radius 1 is 0.833 bits per heavy atom. The summed E-state index contributed by atoms with van der Waals surface area (Å²) in [5.41, 5.74) is 0.800. The largest absolute Gasteiger partial charge is 0.411 e. The second kappa shape index (κ2) is 10.7. The standard InChI is InChI=1S/C18H38N4O2/c1-8-9-16(10-12-19-17(4,5)14(2)21-23)11-13-20-18(6,7)15(3)22-24/h16,19-20,23-24H,8-13H2,1-7H3/b21-14-,22-15-. The van der Waals surface area contributed by atoms with E-state index in [0.29, 0.717) is 17.3 Å². The van der Waals surface area contributed by atoms with Crippen LogP contribution in [0.15, 0.2) is 10.3 Å². The van der Waals surface area contributed by atoms with Gasteiger partial charge in [0.25, 0.3) is 0 Å². The maximum Gasteiger partial charge on any atom is 0.0734 e. The molecule has 0 fully saturated rings. The van der Waals surface area contributed by atoms with Gasteiger partial charge in [0.15, 0.2) is 0 Å². The van der Waals surface area contributed by atoms with Crippen molar-refractivity contribution in [2.75, 3.05) is 13.1 Å². The first-order valence-corrected chi connectivity index (χ1v) is 8.99. The second-order valence-corrected chi connectivity index (χ2v) is 7.71. The molecule has 0 amide bonds. The van der Waals surface area contributed by atoms with E-state index in [1.54, 1.807) is 0 Å². The zero-order chi connectivity index (χ0) is 18.8. The third-order valence-corrected chi connectivity index (χ3v) is 5.04. The van der Waals surface area contributed by atoms with Crippen LogP contribution in [-0.2, 0) is 0 Å². The van der Waals surface area contributed by atoms with Crippen LogP contribution in [0, 0.1) is 5.92 Å². The SMILES string of the molecule is CCCC(CCNC(C)(C)/C(C)=N\O)CCNC(C)(C)/C(C)=N\O. The van der Waals surface area contributed by atoms with Crippen LogP contribution in [0.3, 0.4) is 0 Å². The first kappa shape index (κ1) is 22.9. The molecule has 0 aliphatic heterocycles. The molecule has 0 spiro atoms. The molecule has 0 heterocycles. The number of hydrogen-bond acceptors (Lipinski definition) is 6. The molecule has 4 N–H and O–H groups in total. The molecule has 0 aromatic heterocycles. The monoisotopic (exact) mass is 342 g/mol. The van der Waals surface area contributed by atoms with Gasteiger partial charge >= 0.3 is 0 Å². The van der Waals surface area contributed by atoms with Gasteiger partial charge in [0.1, 0.15) is 0 Å². The van der Waals surface area contributed by atoms with Crippen LogP contribution in [0.1, 0.15) is 74.1 Å². The van der Waals surface area contributed by atoms with E-state index in [0.717, 1.165) is 25.9 Å². The third kappa shape index (κ3) is 8.11. The van der Waals surface area contributed by atoms with Crippen LogP contribution in [0.2, 0.25) is 0 Å². The number of nitrogens with zero attached hydrogens (tertiary/aromatic N) is 2. The van der Waals surface area contributed by atoms with Crippen molar-refractivity contribution in [2.45, 2.75) is 85.2 Å². The average molecular weight is 343 g/mol. The van der Waals surface area contributed by atoms with E-state index in [4.69, 9.17) is 10.4 Å². The lowest BCUT2D eigenvalue weighted by atomic mass is 9.93. The van der Waals surface area contributed by atoms with Crippen LogP contribution in [0.25, 0.3) is 0 Å². The summed E-state index contributed by atoms with van der Waals surface area (Å²) < 4.78 is 0. The van der Waals surface area contributed by atoms with Gasteiger partial charge in [-0.15, -0.1) is 0 Å². The van der Waals surface area contributed by atoms with E-state index in [-0.39, 0.29) is 11.1 Å². The summed E-state index contributed by atoms with van der Waals surface area (Å²) in [5.74, 6) is 0.638. The van der Waals surface area contributed by atoms with Gasteiger partial charge in [-0.25, -0.2) is 0 Å². The predicted molar refractivity (Wildman–Crippen MR) is 102 cm³/mol. The first-order valence-electron chi connectivity index (χ1n) is 8.99. The Morgan fingerprint density at radius 2 is 1.21 bits per heavy atom. The quantitative estimate of drug-likeness (QED) is 0.248. The van der Waals surface area contributed by atoms with Gasteiger partial charge in [-0.3, -0.25) is 0 Å². The van der Waals surface area contributed by atoms with E-state index in [1.807, 2.05) is 41.5 Å². The minimum Gasteiger partial charge on any atom is -0.411 e. The summed E-state index contributed by atoms with van der Waals surface area (Å²) in [6, 6.07) is 0. The smallest absolute Gasteiger partial charge is 0.0734 e. The minimum absolute atomic E-state index is 0.291. The van der Waals surface area contributed by atoms with E-state index < -0.39 is 0 Å². The van der Waals surface area contributed by atoms with E-state index in [9.17, 15) is 0 Å². The van der Waals surface area contributed by atoms with Crippen molar-refractivity contribution in [2.24, 2.45) is 16.2 Å². The van der Waals surface area contributed by atoms with Crippen molar-refractivity contribution in [3.63, 3.8) is 0 Å². The van der Waals surface area contributed by atoms with Gasteiger partial charge in [-0.05, 0) is 73.4 Å². The number of nitrogens with one attached hydrogen (secondary N) is 2. The Kier molecular flexibility index (Phi) is 10.2. The maximum absolute atomic E-state index is 8.93. The highest BCUT2D eigenvalue weighted by Gasteiger charge is 2.23. The van der Waals surface area contributed by atoms with Gasteiger partial charge in [0, 0.05) is 0 Å². The Hall–Kier alpha value is -1.14. The second-order valence-electron chi connectivity index (χ2n) is 7.71. The fourth-order valence-electron chi connectivity index (χ4n) is 2.52. The number of hydrogen-bond donors (Lipinski definition) is 4. The topological polar surface area (TPSA) is 89.2 Å². The zero-order valence-electron chi connectivity index (χ0n) is 16.6. The molecule has 0 atom stereocenters. The molecule has 0 radical (unpaired) electrons. The number of oxime groups is 2. The Bertz CT molecular complexity index is 381. The van der Waals surface area contributed by atoms with Crippen molar-refractivity contribution in [3.8, 4) is 0 Å². The van der Waals surface area contributed by atoms with E-state index in [2.05, 4.69) is 27.9 Å². The Morgan fingerprint density at radius 3 is 1.50 bits per heavy atom. The molecule has 0 aromatic carbocycles. The molecule has 24 heavy (non-hydrogen) atoms. The van der Waals surface area contributed by atoms with Crippen LogP contribution < -0.4 is 10.6 Å².